The van der Waals surface area contributed by atoms with E-state index in [1.807, 2.05) is 24.3 Å². The molecule has 2 aliphatic rings. The lowest BCUT2D eigenvalue weighted by Crippen LogP contribution is -2.55. The van der Waals surface area contributed by atoms with Gasteiger partial charge in [0.1, 0.15) is 45.3 Å². The first-order valence-corrected chi connectivity index (χ1v) is 16.9. The van der Waals surface area contributed by atoms with Gasteiger partial charge < -0.3 is 30.6 Å². The average molecular weight is 687 g/mol. The largest absolute Gasteiger partial charge is 0.510 e. The number of Topliss-reactive ketones (excluding diaryl/α,β-unsaturated/α-hetero) is 1. The molecular weight excluding hydrogens is 652 g/mol. The summed E-state index contributed by atoms with van der Waals surface area (Å²) in [6, 6.07) is 40.0. The molecule has 0 spiro atoms. The first-order chi connectivity index (χ1) is 25.2. The van der Waals surface area contributed by atoms with Gasteiger partial charge in [-0.1, -0.05) is 121 Å². The Kier molecular flexibility index (Phi) is 7.65. The third-order valence-electron chi connectivity index (χ3n) is 10.6. The van der Waals surface area contributed by atoms with Crippen LogP contribution in [-0.2, 0) is 28.5 Å². The number of hydrogen-bond acceptors (Lipinski definition) is 7. The summed E-state index contributed by atoms with van der Waals surface area (Å²) in [5.74, 6) is -2.42. The number of aromatic hydroxyl groups is 4. The maximum atomic E-state index is 16.5. The Balaban J connectivity index is 1.55. The zero-order valence-electron chi connectivity index (χ0n) is 27.9. The van der Waals surface area contributed by atoms with Gasteiger partial charge in [-0.15, -0.1) is 0 Å². The Hall–Kier alpha value is -6.73. The van der Waals surface area contributed by atoms with Crippen LogP contribution in [0.1, 0.15) is 44.5 Å². The number of fused-ring (bicyclic) bond motifs is 2. The van der Waals surface area contributed by atoms with Crippen molar-refractivity contribution in [2.45, 2.75) is 23.7 Å². The molecule has 0 heterocycles. The normalized spacial score (nSPS) is 19.5. The molecule has 2 atom stereocenters. The van der Waals surface area contributed by atoms with Crippen molar-refractivity contribution in [2.24, 2.45) is 0 Å². The van der Waals surface area contributed by atoms with E-state index in [1.54, 1.807) is 97.1 Å². The zero-order valence-corrected chi connectivity index (χ0v) is 27.9. The minimum atomic E-state index is -2.09. The minimum Gasteiger partial charge on any atom is -0.510 e. The van der Waals surface area contributed by atoms with Crippen molar-refractivity contribution in [3.63, 3.8) is 0 Å². The lowest BCUT2D eigenvalue weighted by Gasteiger charge is -2.47. The lowest BCUT2D eigenvalue weighted by atomic mass is 9.54. The Labute approximate surface area is 300 Å². The number of allylic oxidation sites excluding steroid dienone is 2. The van der Waals surface area contributed by atoms with Gasteiger partial charge in [0.05, 0.1) is 0 Å². The number of rotatable bonds is 6. The molecule has 0 amide bonds. The topological polar surface area (TPSA) is 138 Å². The molecule has 7 heteroatoms. The summed E-state index contributed by atoms with van der Waals surface area (Å²) in [6.07, 6.45) is -0.280. The molecule has 0 fully saturated rings. The molecular formula is C45H34O7. The highest BCUT2D eigenvalue weighted by molar-refractivity contribution is 6.10. The van der Waals surface area contributed by atoms with Gasteiger partial charge >= 0.3 is 0 Å². The number of para-hydroxylation sites is 4. The van der Waals surface area contributed by atoms with Gasteiger partial charge in [-0.3, -0.25) is 4.79 Å². The van der Waals surface area contributed by atoms with E-state index in [-0.39, 0.29) is 69.2 Å². The predicted molar refractivity (Wildman–Crippen MR) is 198 cm³/mol. The van der Waals surface area contributed by atoms with Crippen LogP contribution in [0.25, 0.3) is 11.1 Å². The van der Waals surface area contributed by atoms with E-state index in [0.717, 1.165) is 0 Å². The summed E-state index contributed by atoms with van der Waals surface area (Å²) in [5.41, 5.74) is -0.689. The molecule has 52 heavy (non-hydrogen) atoms. The number of aliphatic hydroxyl groups is 2. The summed E-state index contributed by atoms with van der Waals surface area (Å²) in [7, 11) is 0. The second-order valence-corrected chi connectivity index (χ2v) is 13.3. The van der Waals surface area contributed by atoms with Crippen LogP contribution in [0.15, 0.2) is 157 Å². The quantitative estimate of drug-likeness (QED) is 0.103. The Morgan fingerprint density at radius 1 is 0.385 bits per heavy atom. The molecule has 7 nitrogen and oxygen atoms in total. The van der Waals surface area contributed by atoms with Crippen LogP contribution in [0.5, 0.6) is 23.0 Å². The number of carbonyl (C=O) groups is 1. The molecule has 0 saturated carbocycles. The number of hydrogen-bond donors (Lipinski definition) is 6. The lowest BCUT2D eigenvalue weighted by molar-refractivity contribution is -0.130. The monoisotopic (exact) mass is 686 g/mol. The summed E-state index contributed by atoms with van der Waals surface area (Å²) in [4.78, 5) is 16.5. The van der Waals surface area contributed by atoms with E-state index < -0.39 is 28.1 Å². The molecule has 0 aliphatic heterocycles. The molecule has 6 N–H and O–H groups in total. The highest BCUT2D eigenvalue weighted by Crippen LogP contribution is 2.58. The second-order valence-electron chi connectivity index (χ2n) is 13.3. The van der Waals surface area contributed by atoms with Crippen molar-refractivity contribution in [1.29, 1.82) is 0 Å². The maximum absolute atomic E-state index is 16.5. The molecule has 2 unspecified atom stereocenters. The standard InChI is InChI=1S/C45H34O7/c46-35-21-9-5-17-31(35)39-29-15-3-1-13-27(29)25-44(41(39)50,33-19-7-11-23-37(33)48)43(52)45(34-20-8-12-24-38(34)49)26-28-14-2-4-16-30(28)40(42(45)51)32-18-6-10-22-36(32)47/h1-24,46-51H,25-26H2. The number of phenols is 4. The van der Waals surface area contributed by atoms with Crippen molar-refractivity contribution in [2.75, 3.05) is 0 Å². The van der Waals surface area contributed by atoms with E-state index in [0.29, 0.717) is 22.3 Å². The summed E-state index contributed by atoms with van der Waals surface area (Å²) < 4.78 is 0. The van der Waals surface area contributed by atoms with E-state index in [4.69, 9.17) is 0 Å². The smallest absolute Gasteiger partial charge is 0.170 e. The fourth-order valence-electron chi connectivity index (χ4n) is 8.27. The molecule has 0 aromatic heterocycles. The van der Waals surface area contributed by atoms with Crippen molar-refractivity contribution in [1.82, 2.24) is 0 Å². The van der Waals surface area contributed by atoms with Crippen molar-refractivity contribution in [3.05, 3.63) is 202 Å². The van der Waals surface area contributed by atoms with Gasteiger partial charge in [-0.05, 0) is 59.4 Å². The van der Waals surface area contributed by atoms with Gasteiger partial charge in [0.2, 0.25) is 0 Å². The number of carbonyl (C=O) groups excluding carboxylic acids is 1. The van der Waals surface area contributed by atoms with Crippen LogP contribution in [0.4, 0.5) is 0 Å². The molecule has 0 saturated heterocycles. The third kappa shape index (κ3) is 4.63. The summed E-state index contributed by atoms with van der Waals surface area (Å²) in [6.45, 7) is 0. The predicted octanol–water partition coefficient (Wildman–Crippen LogP) is 8.40. The first kappa shape index (κ1) is 32.5. The maximum Gasteiger partial charge on any atom is 0.170 e. The SMILES string of the molecule is O=C(C1(c2ccccc2O)Cc2ccccc2C(c2ccccc2O)=C1O)C1(c2ccccc2O)Cc2ccccc2C(c2ccccc2O)=C1O. The molecule has 0 radical (unpaired) electrons. The zero-order chi connectivity index (χ0) is 36.2. The average Bonchev–Trinajstić information content (AvgIpc) is 3.16. The summed E-state index contributed by atoms with van der Waals surface area (Å²) in [5, 5.41) is 71.7. The number of benzene rings is 6. The van der Waals surface area contributed by atoms with Crippen LogP contribution in [0.2, 0.25) is 0 Å². The van der Waals surface area contributed by atoms with Crippen LogP contribution in [0, 0.1) is 0 Å². The van der Waals surface area contributed by atoms with Crippen LogP contribution < -0.4 is 0 Å². The Bertz CT molecular complexity index is 2310. The molecule has 8 rings (SSSR count). The molecule has 256 valence electrons. The third-order valence-corrected chi connectivity index (χ3v) is 10.6. The molecule has 2 aliphatic carbocycles. The van der Waals surface area contributed by atoms with Gasteiger partial charge in [0, 0.05) is 33.4 Å². The van der Waals surface area contributed by atoms with Gasteiger partial charge in [0.25, 0.3) is 0 Å². The van der Waals surface area contributed by atoms with E-state index in [2.05, 4.69) is 0 Å². The van der Waals surface area contributed by atoms with Crippen molar-refractivity contribution >= 4 is 16.9 Å². The Morgan fingerprint density at radius 3 is 1.06 bits per heavy atom. The molecule has 6 aromatic carbocycles. The van der Waals surface area contributed by atoms with Crippen LogP contribution in [0.3, 0.4) is 0 Å². The number of phenolic OH excluding ortho intramolecular Hbond substituents is 4. The van der Waals surface area contributed by atoms with Crippen molar-refractivity contribution < 1.29 is 35.4 Å². The fraction of sp³-hybridized carbons (Fsp3) is 0.0889. The van der Waals surface area contributed by atoms with Gasteiger partial charge in [0.15, 0.2) is 5.78 Å². The highest BCUT2D eigenvalue weighted by atomic mass is 16.3. The van der Waals surface area contributed by atoms with E-state index in [1.165, 1.54) is 24.3 Å². The first-order valence-electron chi connectivity index (χ1n) is 16.9. The molecule has 0 bridgehead atoms. The van der Waals surface area contributed by atoms with Crippen LogP contribution in [-0.4, -0.2) is 36.4 Å². The van der Waals surface area contributed by atoms with Gasteiger partial charge in [-0.2, -0.15) is 0 Å². The van der Waals surface area contributed by atoms with Crippen molar-refractivity contribution in [3.8, 4) is 23.0 Å². The highest BCUT2D eigenvalue weighted by Gasteiger charge is 2.61. The minimum absolute atomic E-state index is 0.0745. The van der Waals surface area contributed by atoms with E-state index >= 15 is 4.79 Å². The number of ketones is 1. The summed E-state index contributed by atoms with van der Waals surface area (Å²) >= 11 is 0. The number of aliphatic hydroxyl groups excluding tert-OH is 2. The van der Waals surface area contributed by atoms with Crippen LogP contribution >= 0.6 is 0 Å². The molecule has 6 aromatic rings. The second kappa shape index (κ2) is 12.2. The Morgan fingerprint density at radius 2 is 0.692 bits per heavy atom. The van der Waals surface area contributed by atoms with E-state index in [9.17, 15) is 30.6 Å². The van der Waals surface area contributed by atoms with Gasteiger partial charge in [-0.25, -0.2) is 0 Å². The fourth-order valence-corrected chi connectivity index (χ4v) is 8.27.